The Hall–Kier alpha value is 0.0700. The molecule has 18 heavy (non-hydrogen) atoms. The Bertz CT molecular complexity index is 547. The van der Waals surface area contributed by atoms with Crippen LogP contribution in [0.1, 0.15) is 17.8 Å². The molecule has 1 nitrogen and oxygen atoms in total. The summed E-state index contributed by atoms with van der Waals surface area (Å²) in [6, 6.07) is 5.47. The first-order chi connectivity index (χ1) is 8.49. The van der Waals surface area contributed by atoms with E-state index < -0.39 is 0 Å². The number of nitrogens with one attached hydrogen (secondary N) is 1. The lowest BCUT2D eigenvalue weighted by Crippen LogP contribution is -2.06. The molecule has 2 aromatic rings. The highest BCUT2D eigenvalue weighted by molar-refractivity contribution is 9.10. The Balaban J connectivity index is 2.27. The number of anilines is 1. The first-order valence-electron chi connectivity index (χ1n) is 5.13. The molecule has 1 aromatic carbocycles. The summed E-state index contributed by atoms with van der Waals surface area (Å²) in [4.78, 5) is 1.19. The molecular weight excluding hydrogens is 376 g/mol. The van der Waals surface area contributed by atoms with Crippen LogP contribution in [0, 0.1) is 0 Å². The maximum atomic E-state index is 6.14. The van der Waals surface area contributed by atoms with E-state index in [2.05, 4.69) is 28.2 Å². The molecule has 0 aliphatic rings. The second kappa shape index (κ2) is 6.02. The largest absolute Gasteiger partial charge is 0.375 e. The zero-order valence-corrected chi connectivity index (χ0v) is 14.0. The van der Waals surface area contributed by atoms with Gasteiger partial charge in [0.2, 0.25) is 0 Å². The molecule has 0 aliphatic heterocycles. The molecule has 96 valence electrons. The normalized spacial score (nSPS) is 12.5. The third kappa shape index (κ3) is 3.14. The monoisotopic (exact) mass is 383 g/mol. The van der Waals surface area contributed by atoms with Gasteiger partial charge in [0.25, 0.3) is 0 Å². The van der Waals surface area contributed by atoms with Gasteiger partial charge >= 0.3 is 0 Å². The highest BCUT2D eigenvalue weighted by atomic mass is 79.9. The standard InChI is InChI=1S/C12H9BrCl3NS/c1-6(12-8(13)2-3-18-12)17-11-9(15)4-7(14)5-10(11)16/h2-6,17H,1H3. The lowest BCUT2D eigenvalue weighted by atomic mass is 10.2. The number of hydrogen-bond acceptors (Lipinski definition) is 2. The van der Waals surface area contributed by atoms with Crippen LogP contribution < -0.4 is 5.32 Å². The summed E-state index contributed by atoms with van der Waals surface area (Å²) in [5.41, 5.74) is 0.704. The lowest BCUT2D eigenvalue weighted by Gasteiger charge is -2.17. The van der Waals surface area contributed by atoms with Gasteiger partial charge < -0.3 is 5.32 Å². The van der Waals surface area contributed by atoms with E-state index in [1.807, 2.05) is 11.4 Å². The van der Waals surface area contributed by atoms with Gasteiger partial charge in [-0.3, -0.25) is 0 Å². The molecule has 0 amide bonds. The molecule has 0 saturated carbocycles. The molecule has 0 radical (unpaired) electrons. The van der Waals surface area contributed by atoms with Gasteiger partial charge in [-0.25, -0.2) is 0 Å². The van der Waals surface area contributed by atoms with Crippen molar-refractivity contribution in [2.45, 2.75) is 13.0 Å². The number of thiophene rings is 1. The fraction of sp³-hybridized carbons (Fsp3) is 0.167. The summed E-state index contributed by atoms with van der Waals surface area (Å²) in [7, 11) is 0. The van der Waals surface area contributed by atoms with Crippen molar-refractivity contribution < 1.29 is 0 Å². The average Bonchev–Trinajstić information content (AvgIpc) is 2.69. The minimum atomic E-state index is 0.107. The van der Waals surface area contributed by atoms with Crippen molar-refractivity contribution in [2.24, 2.45) is 0 Å². The molecule has 2 rings (SSSR count). The third-order valence-corrected chi connectivity index (χ3v) is 5.27. The van der Waals surface area contributed by atoms with Crippen LogP contribution in [-0.2, 0) is 0 Å². The van der Waals surface area contributed by atoms with Crippen molar-refractivity contribution >= 4 is 67.8 Å². The van der Waals surface area contributed by atoms with Crippen molar-refractivity contribution in [1.82, 2.24) is 0 Å². The van der Waals surface area contributed by atoms with E-state index >= 15 is 0 Å². The first-order valence-corrected chi connectivity index (χ1v) is 7.93. The lowest BCUT2D eigenvalue weighted by molar-refractivity contribution is 0.903. The van der Waals surface area contributed by atoms with Gasteiger partial charge in [0, 0.05) is 14.4 Å². The van der Waals surface area contributed by atoms with Crippen LogP contribution >= 0.6 is 62.1 Å². The summed E-state index contributed by atoms with van der Waals surface area (Å²) in [6.07, 6.45) is 0. The minimum Gasteiger partial charge on any atom is -0.375 e. The van der Waals surface area contributed by atoms with E-state index in [4.69, 9.17) is 34.8 Å². The third-order valence-electron chi connectivity index (χ3n) is 2.41. The summed E-state index contributed by atoms with van der Waals surface area (Å²) in [5, 5.41) is 6.91. The fourth-order valence-electron chi connectivity index (χ4n) is 1.58. The number of benzene rings is 1. The highest BCUT2D eigenvalue weighted by Crippen LogP contribution is 2.38. The SMILES string of the molecule is CC(Nc1c(Cl)cc(Cl)cc1Cl)c1sccc1Br. The van der Waals surface area contributed by atoms with Crippen LogP contribution in [-0.4, -0.2) is 0 Å². The van der Waals surface area contributed by atoms with E-state index in [1.54, 1.807) is 23.5 Å². The summed E-state index contributed by atoms with van der Waals surface area (Å²) < 4.78 is 1.08. The Morgan fingerprint density at radius 3 is 2.33 bits per heavy atom. The molecular formula is C12H9BrCl3NS. The van der Waals surface area contributed by atoms with Crippen LogP contribution in [0.5, 0.6) is 0 Å². The molecule has 1 N–H and O–H groups in total. The average molecular weight is 386 g/mol. The maximum Gasteiger partial charge on any atom is 0.0725 e. The van der Waals surface area contributed by atoms with Crippen molar-refractivity contribution in [3.63, 3.8) is 0 Å². The van der Waals surface area contributed by atoms with Gasteiger partial charge in [-0.2, -0.15) is 0 Å². The van der Waals surface area contributed by atoms with Crippen LogP contribution in [0.4, 0.5) is 5.69 Å². The van der Waals surface area contributed by atoms with Gasteiger partial charge in [-0.05, 0) is 46.4 Å². The zero-order valence-electron chi connectivity index (χ0n) is 9.31. The van der Waals surface area contributed by atoms with Crippen LogP contribution in [0.3, 0.4) is 0 Å². The highest BCUT2D eigenvalue weighted by Gasteiger charge is 2.14. The summed E-state index contributed by atoms with van der Waals surface area (Å²) in [5.74, 6) is 0. The quantitative estimate of drug-likeness (QED) is 0.624. The zero-order chi connectivity index (χ0) is 13.3. The fourth-order valence-corrected chi connectivity index (χ4v) is 4.23. The molecule has 0 bridgehead atoms. The molecule has 0 spiro atoms. The van der Waals surface area contributed by atoms with E-state index in [0.717, 1.165) is 4.47 Å². The Morgan fingerprint density at radius 2 is 1.83 bits per heavy atom. The van der Waals surface area contributed by atoms with E-state index in [-0.39, 0.29) is 6.04 Å². The maximum absolute atomic E-state index is 6.14. The smallest absolute Gasteiger partial charge is 0.0725 e. The van der Waals surface area contributed by atoms with E-state index in [9.17, 15) is 0 Å². The molecule has 1 unspecified atom stereocenters. The second-order valence-electron chi connectivity index (χ2n) is 3.74. The van der Waals surface area contributed by atoms with Gasteiger partial charge in [0.05, 0.1) is 21.8 Å². The molecule has 1 heterocycles. The minimum absolute atomic E-state index is 0.107. The van der Waals surface area contributed by atoms with Gasteiger partial charge in [0.1, 0.15) is 0 Å². The molecule has 0 fully saturated rings. The van der Waals surface area contributed by atoms with E-state index in [1.165, 1.54) is 4.88 Å². The first kappa shape index (κ1) is 14.5. The van der Waals surface area contributed by atoms with Crippen LogP contribution in [0.2, 0.25) is 15.1 Å². The molecule has 1 atom stereocenters. The topological polar surface area (TPSA) is 12.0 Å². The Labute approximate surface area is 133 Å². The van der Waals surface area contributed by atoms with Gasteiger partial charge in [-0.15, -0.1) is 11.3 Å². The predicted octanol–water partition coefficient (Wildman–Crippen LogP) is 6.64. The van der Waals surface area contributed by atoms with Gasteiger partial charge in [-0.1, -0.05) is 34.8 Å². The molecule has 0 saturated heterocycles. The Kier molecular flexibility index (Phi) is 4.84. The molecule has 1 aromatic heterocycles. The number of hydrogen-bond donors (Lipinski definition) is 1. The predicted molar refractivity (Wildman–Crippen MR) is 85.5 cm³/mol. The van der Waals surface area contributed by atoms with Crippen molar-refractivity contribution in [3.8, 4) is 0 Å². The molecule has 6 heteroatoms. The summed E-state index contributed by atoms with van der Waals surface area (Å²) >= 11 is 23.3. The Morgan fingerprint density at radius 1 is 1.22 bits per heavy atom. The molecule has 0 aliphatic carbocycles. The second-order valence-corrected chi connectivity index (χ2v) is 6.80. The van der Waals surface area contributed by atoms with Crippen LogP contribution in [0.15, 0.2) is 28.1 Å². The number of rotatable bonds is 3. The van der Waals surface area contributed by atoms with Crippen molar-refractivity contribution in [1.29, 1.82) is 0 Å². The summed E-state index contributed by atoms with van der Waals surface area (Å²) in [6.45, 7) is 2.05. The van der Waals surface area contributed by atoms with Crippen molar-refractivity contribution in [2.75, 3.05) is 5.32 Å². The van der Waals surface area contributed by atoms with Crippen LogP contribution in [0.25, 0.3) is 0 Å². The van der Waals surface area contributed by atoms with Crippen molar-refractivity contribution in [3.05, 3.63) is 48.0 Å². The van der Waals surface area contributed by atoms with E-state index in [0.29, 0.717) is 20.8 Å². The number of halogens is 4. The van der Waals surface area contributed by atoms with Gasteiger partial charge in [0.15, 0.2) is 0 Å².